The van der Waals surface area contributed by atoms with Crippen molar-refractivity contribution in [2.24, 2.45) is 9.98 Å². The van der Waals surface area contributed by atoms with E-state index in [9.17, 15) is 0 Å². The van der Waals surface area contributed by atoms with E-state index >= 15 is 0 Å². The number of rotatable bonds is 5. The second-order valence-corrected chi connectivity index (χ2v) is 13.7. The Morgan fingerprint density at radius 2 is 1.26 bits per heavy atom. The molecular weight excluding hydrogens is 663 g/mol. The van der Waals surface area contributed by atoms with Crippen LogP contribution < -0.4 is 5.32 Å². The zero-order valence-electron chi connectivity index (χ0n) is 29.0. The lowest BCUT2D eigenvalue weighted by Gasteiger charge is -2.23. The summed E-state index contributed by atoms with van der Waals surface area (Å²) in [6.45, 7) is 0. The zero-order chi connectivity index (χ0) is 35.6. The third-order valence-corrected chi connectivity index (χ3v) is 10.5. The molecule has 1 aliphatic rings. The van der Waals surface area contributed by atoms with Crippen molar-refractivity contribution in [1.82, 2.24) is 14.9 Å². The average molecular weight is 694 g/mol. The van der Waals surface area contributed by atoms with Gasteiger partial charge in [-0.15, -0.1) is 0 Å². The number of hydrogen-bond acceptors (Lipinski definition) is 5. The minimum absolute atomic E-state index is 0.383. The molecule has 3 aromatic heterocycles. The number of hydrogen-bond donors (Lipinski definition) is 1. The molecule has 0 spiro atoms. The summed E-state index contributed by atoms with van der Waals surface area (Å²) in [6.07, 6.45) is 1.41. The van der Waals surface area contributed by atoms with Crippen LogP contribution in [0.5, 0.6) is 0 Å². The van der Waals surface area contributed by atoms with E-state index < -0.39 is 0 Å². The minimum Gasteiger partial charge on any atom is -0.456 e. The van der Waals surface area contributed by atoms with Gasteiger partial charge in [0.2, 0.25) is 0 Å². The minimum atomic E-state index is -0.383. The average Bonchev–Trinajstić information content (AvgIpc) is 3.79. The van der Waals surface area contributed by atoms with Crippen LogP contribution in [0.1, 0.15) is 23.0 Å². The highest BCUT2D eigenvalue weighted by Gasteiger charge is 2.25. The molecule has 0 fully saturated rings. The fraction of sp³-hybridized carbons (Fsp3) is 0.0208. The van der Waals surface area contributed by atoms with Gasteiger partial charge in [-0.2, -0.15) is 0 Å². The molecule has 1 unspecified atom stereocenters. The highest BCUT2D eigenvalue weighted by Crippen LogP contribution is 2.37. The molecule has 6 heteroatoms. The first-order valence-corrected chi connectivity index (χ1v) is 18.1. The van der Waals surface area contributed by atoms with Crippen LogP contribution in [0.15, 0.2) is 190 Å². The van der Waals surface area contributed by atoms with Crippen molar-refractivity contribution >= 4 is 66.2 Å². The molecule has 4 heterocycles. The maximum Gasteiger partial charge on any atom is 0.159 e. The van der Waals surface area contributed by atoms with Crippen molar-refractivity contribution in [1.29, 1.82) is 0 Å². The van der Waals surface area contributed by atoms with Gasteiger partial charge < -0.3 is 14.3 Å². The van der Waals surface area contributed by atoms with E-state index in [4.69, 9.17) is 19.4 Å². The third-order valence-electron chi connectivity index (χ3n) is 10.5. The van der Waals surface area contributed by atoms with Gasteiger partial charge in [-0.1, -0.05) is 133 Å². The molecule has 7 aromatic carbocycles. The molecule has 0 amide bonds. The molecule has 0 radical (unpaired) electrons. The Hall–Kier alpha value is -7.31. The molecule has 11 rings (SSSR count). The SMILES string of the molecule is c1ccc(C2=NC(c3ccc(-c4cccc5ccccc45)cc3)NC(c3nccc4oc5cc(-n6c7ccccc7c7ccccc76)ccc5c34)=N2)cc1. The van der Waals surface area contributed by atoms with E-state index in [0.717, 1.165) is 61.0 Å². The summed E-state index contributed by atoms with van der Waals surface area (Å²) in [6, 6.07) is 59.2. The van der Waals surface area contributed by atoms with Gasteiger partial charge in [0.15, 0.2) is 11.7 Å². The van der Waals surface area contributed by atoms with E-state index in [1.54, 1.807) is 6.20 Å². The molecule has 1 N–H and O–H groups in total. The number of pyridine rings is 1. The van der Waals surface area contributed by atoms with Crippen molar-refractivity contribution in [3.63, 3.8) is 0 Å². The summed E-state index contributed by atoms with van der Waals surface area (Å²) in [4.78, 5) is 15.2. The number of nitrogens with zero attached hydrogens (tertiary/aromatic N) is 4. The monoisotopic (exact) mass is 693 g/mol. The Bertz CT molecular complexity index is 3080. The molecule has 254 valence electrons. The second kappa shape index (κ2) is 12.1. The van der Waals surface area contributed by atoms with Gasteiger partial charge in [-0.25, -0.2) is 9.98 Å². The van der Waals surface area contributed by atoms with Crippen LogP contribution in [0, 0.1) is 0 Å². The van der Waals surface area contributed by atoms with Crippen LogP contribution in [0.2, 0.25) is 0 Å². The van der Waals surface area contributed by atoms with Crippen molar-refractivity contribution in [2.45, 2.75) is 6.17 Å². The van der Waals surface area contributed by atoms with Crippen molar-refractivity contribution < 1.29 is 4.42 Å². The Labute approximate surface area is 310 Å². The highest BCUT2D eigenvalue weighted by molar-refractivity contribution is 6.21. The Balaban J connectivity index is 1.02. The summed E-state index contributed by atoms with van der Waals surface area (Å²) in [5.74, 6) is 1.29. The Kier molecular flexibility index (Phi) is 6.82. The molecule has 10 aromatic rings. The smallest absolute Gasteiger partial charge is 0.159 e. The summed E-state index contributed by atoms with van der Waals surface area (Å²) >= 11 is 0. The highest BCUT2D eigenvalue weighted by atomic mass is 16.3. The van der Waals surface area contributed by atoms with E-state index in [-0.39, 0.29) is 6.17 Å². The first kappa shape index (κ1) is 30.3. The molecule has 6 nitrogen and oxygen atoms in total. The van der Waals surface area contributed by atoms with Crippen LogP contribution in [0.3, 0.4) is 0 Å². The number of para-hydroxylation sites is 2. The number of aliphatic imine (C=N–C) groups is 2. The zero-order valence-corrected chi connectivity index (χ0v) is 29.0. The van der Waals surface area contributed by atoms with E-state index in [1.807, 2.05) is 36.4 Å². The van der Waals surface area contributed by atoms with Crippen molar-refractivity contribution in [3.8, 4) is 16.8 Å². The number of amidine groups is 2. The molecule has 0 saturated carbocycles. The predicted octanol–water partition coefficient (Wildman–Crippen LogP) is 11.4. The van der Waals surface area contributed by atoms with Gasteiger partial charge in [-0.05, 0) is 57.8 Å². The van der Waals surface area contributed by atoms with Crippen LogP contribution in [-0.2, 0) is 0 Å². The van der Waals surface area contributed by atoms with Gasteiger partial charge in [0.25, 0.3) is 0 Å². The Morgan fingerprint density at radius 3 is 2.06 bits per heavy atom. The molecule has 54 heavy (non-hydrogen) atoms. The van der Waals surface area contributed by atoms with Crippen LogP contribution in [0.25, 0.3) is 71.3 Å². The summed E-state index contributed by atoms with van der Waals surface area (Å²) < 4.78 is 8.90. The molecule has 1 aliphatic heterocycles. The summed E-state index contributed by atoms with van der Waals surface area (Å²) in [7, 11) is 0. The van der Waals surface area contributed by atoms with Gasteiger partial charge in [0.1, 0.15) is 23.0 Å². The quantitative estimate of drug-likeness (QED) is 0.195. The predicted molar refractivity (Wildman–Crippen MR) is 221 cm³/mol. The third kappa shape index (κ3) is 4.85. The number of aromatic nitrogens is 2. The number of fused-ring (bicyclic) bond motifs is 7. The summed E-state index contributed by atoms with van der Waals surface area (Å²) in [5, 5.41) is 10.4. The van der Waals surface area contributed by atoms with Gasteiger partial charge >= 0.3 is 0 Å². The first-order chi connectivity index (χ1) is 26.8. The van der Waals surface area contributed by atoms with Gasteiger partial charge in [0, 0.05) is 39.7 Å². The van der Waals surface area contributed by atoms with Crippen molar-refractivity contribution in [2.75, 3.05) is 0 Å². The number of benzene rings is 7. The molecular formula is C48H31N5O. The van der Waals surface area contributed by atoms with E-state index in [1.165, 1.54) is 27.1 Å². The van der Waals surface area contributed by atoms with Gasteiger partial charge in [0.05, 0.1) is 16.4 Å². The fourth-order valence-corrected chi connectivity index (χ4v) is 8.01. The van der Waals surface area contributed by atoms with E-state index in [2.05, 4.69) is 143 Å². The summed E-state index contributed by atoms with van der Waals surface area (Å²) in [5.41, 5.74) is 9.92. The molecule has 1 atom stereocenters. The normalized spacial score (nSPS) is 14.5. The Morgan fingerprint density at radius 1 is 0.556 bits per heavy atom. The molecule has 0 bridgehead atoms. The fourth-order valence-electron chi connectivity index (χ4n) is 8.01. The van der Waals surface area contributed by atoms with Crippen LogP contribution in [0.4, 0.5) is 0 Å². The lowest BCUT2D eigenvalue weighted by Crippen LogP contribution is -2.34. The number of nitrogens with one attached hydrogen (secondary N) is 1. The largest absolute Gasteiger partial charge is 0.456 e. The molecule has 0 aliphatic carbocycles. The standard InChI is InChI=1S/C48H31N5O/c1-2-12-32(13-3-1)46-50-47(33-23-21-31(22-24-33)36-18-10-14-30-11-4-5-15-35(30)36)52-48(51-46)45-44-39-26-25-34(29-43(39)54-42(44)27-28-49-45)53-40-19-8-6-16-37(40)38-17-7-9-20-41(38)53/h1-29,47H,(H,50,51,52). The lowest BCUT2D eigenvalue weighted by atomic mass is 9.97. The second-order valence-electron chi connectivity index (χ2n) is 13.7. The topological polar surface area (TPSA) is 67.7 Å². The van der Waals surface area contributed by atoms with Crippen LogP contribution >= 0.6 is 0 Å². The lowest BCUT2D eigenvalue weighted by molar-refractivity contribution is 0.666. The maximum absolute atomic E-state index is 6.59. The van der Waals surface area contributed by atoms with Crippen molar-refractivity contribution in [3.05, 3.63) is 193 Å². The first-order valence-electron chi connectivity index (χ1n) is 18.1. The molecule has 0 saturated heterocycles. The van der Waals surface area contributed by atoms with Gasteiger partial charge in [-0.3, -0.25) is 4.98 Å². The maximum atomic E-state index is 6.59. The van der Waals surface area contributed by atoms with Crippen LogP contribution in [-0.4, -0.2) is 21.2 Å². The number of furan rings is 1. The van der Waals surface area contributed by atoms with E-state index in [0.29, 0.717) is 11.7 Å².